The van der Waals surface area contributed by atoms with E-state index in [4.69, 9.17) is 20.9 Å². The molecule has 0 radical (unpaired) electrons. The van der Waals surface area contributed by atoms with Gasteiger partial charge in [-0.25, -0.2) is 4.79 Å². The Kier molecular flexibility index (Phi) is 7.03. The van der Waals surface area contributed by atoms with Gasteiger partial charge in [-0.2, -0.15) is 0 Å². The Morgan fingerprint density at radius 1 is 1.38 bits per heavy atom. The van der Waals surface area contributed by atoms with Crippen molar-refractivity contribution < 1.29 is 14.3 Å². The standard InChI is InChI=1S/C17H28N4O3/c1-11(21-16(22)24-17(2,3)4)9-23-10-12-6-13(8-20-5)15(19)14(18)7-12/h6-8,11H,9-10,18-19H2,1-5H3,(H,21,22)/t11-/m1/s1. The molecule has 0 aliphatic heterocycles. The lowest BCUT2D eigenvalue weighted by Crippen LogP contribution is -2.39. The first-order valence-electron chi connectivity index (χ1n) is 7.79. The number of ether oxygens (including phenoxy) is 2. The van der Waals surface area contributed by atoms with Gasteiger partial charge in [0.1, 0.15) is 5.60 Å². The van der Waals surface area contributed by atoms with Gasteiger partial charge < -0.3 is 26.3 Å². The van der Waals surface area contributed by atoms with Crippen LogP contribution >= 0.6 is 0 Å². The van der Waals surface area contributed by atoms with Gasteiger partial charge in [-0.15, -0.1) is 0 Å². The monoisotopic (exact) mass is 336 g/mol. The molecule has 134 valence electrons. The molecule has 1 atom stereocenters. The highest BCUT2D eigenvalue weighted by atomic mass is 16.6. The van der Waals surface area contributed by atoms with E-state index in [-0.39, 0.29) is 6.04 Å². The van der Waals surface area contributed by atoms with Crippen molar-refractivity contribution >= 4 is 23.7 Å². The van der Waals surface area contributed by atoms with Crippen LogP contribution in [0.2, 0.25) is 0 Å². The van der Waals surface area contributed by atoms with Gasteiger partial charge in [0, 0.05) is 18.8 Å². The third-order valence-corrected chi connectivity index (χ3v) is 2.97. The second-order valence-corrected chi connectivity index (χ2v) is 6.64. The molecule has 0 heterocycles. The molecule has 1 rings (SSSR count). The van der Waals surface area contributed by atoms with E-state index >= 15 is 0 Å². The smallest absolute Gasteiger partial charge is 0.407 e. The first kappa shape index (κ1) is 19.8. The summed E-state index contributed by atoms with van der Waals surface area (Å²) in [6.07, 6.45) is 1.19. The summed E-state index contributed by atoms with van der Waals surface area (Å²) < 4.78 is 10.8. The lowest BCUT2D eigenvalue weighted by molar-refractivity contribution is 0.0442. The van der Waals surface area contributed by atoms with E-state index in [0.717, 1.165) is 11.1 Å². The lowest BCUT2D eigenvalue weighted by Gasteiger charge is -2.22. The normalized spacial score (nSPS) is 13.0. The number of alkyl carbamates (subject to hydrolysis) is 1. The number of nitrogens with zero attached hydrogens (tertiary/aromatic N) is 1. The molecule has 24 heavy (non-hydrogen) atoms. The molecular weight excluding hydrogens is 308 g/mol. The highest BCUT2D eigenvalue weighted by Crippen LogP contribution is 2.21. The Hall–Kier alpha value is -2.28. The van der Waals surface area contributed by atoms with Gasteiger partial charge in [0.05, 0.1) is 30.6 Å². The number of benzene rings is 1. The molecule has 0 bridgehead atoms. The molecule has 7 nitrogen and oxygen atoms in total. The minimum absolute atomic E-state index is 0.178. The zero-order valence-corrected chi connectivity index (χ0v) is 15.1. The fourth-order valence-corrected chi connectivity index (χ4v) is 2.00. The Morgan fingerprint density at radius 2 is 2.04 bits per heavy atom. The predicted molar refractivity (Wildman–Crippen MR) is 97.3 cm³/mol. The van der Waals surface area contributed by atoms with Crippen LogP contribution in [0.5, 0.6) is 0 Å². The third kappa shape index (κ3) is 6.87. The van der Waals surface area contributed by atoms with E-state index in [1.807, 2.05) is 33.8 Å². The number of hydrogen-bond acceptors (Lipinski definition) is 6. The lowest BCUT2D eigenvalue weighted by atomic mass is 10.1. The molecule has 0 fully saturated rings. The van der Waals surface area contributed by atoms with Gasteiger partial charge in [0.2, 0.25) is 0 Å². The zero-order valence-electron chi connectivity index (χ0n) is 15.1. The second-order valence-electron chi connectivity index (χ2n) is 6.64. The quantitative estimate of drug-likeness (QED) is 0.545. The minimum Gasteiger partial charge on any atom is -0.444 e. The molecular formula is C17H28N4O3. The molecule has 1 aromatic carbocycles. The number of hydrogen-bond donors (Lipinski definition) is 3. The molecule has 5 N–H and O–H groups in total. The van der Waals surface area contributed by atoms with Gasteiger partial charge in [0.15, 0.2) is 0 Å². The Balaban J connectivity index is 2.51. The van der Waals surface area contributed by atoms with Crippen molar-refractivity contribution in [3.8, 4) is 0 Å². The number of carbonyl (C=O) groups excluding carboxylic acids is 1. The van der Waals surface area contributed by atoms with E-state index in [0.29, 0.717) is 24.6 Å². The van der Waals surface area contributed by atoms with Crippen molar-refractivity contribution in [3.05, 3.63) is 23.3 Å². The van der Waals surface area contributed by atoms with Crippen molar-refractivity contribution in [2.24, 2.45) is 4.99 Å². The van der Waals surface area contributed by atoms with Crippen molar-refractivity contribution in [1.82, 2.24) is 5.32 Å². The maximum atomic E-state index is 11.7. The molecule has 0 aliphatic rings. The molecule has 0 saturated heterocycles. The minimum atomic E-state index is -0.524. The van der Waals surface area contributed by atoms with Gasteiger partial charge in [-0.05, 0) is 45.4 Å². The van der Waals surface area contributed by atoms with E-state index in [1.54, 1.807) is 19.3 Å². The van der Waals surface area contributed by atoms with E-state index < -0.39 is 11.7 Å². The van der Waals surface area contributed by atoms with Gasteiger partial charge in [0.25, 0.3) is 0 Å². The SMILES string of the molecule is CN=Cc1cc(COC[C@@H](C)NC(=O)OC(C)(C)C)cc(N)c1N. The number of aliphatic imine (C=N–C) groups is 1. The van der Waals surface area contributed by atoms with Crippen LogP contribution in [0.3, 0.4) is 0 Å². The number of rotatable bonds is 6. The topological polar surface area (TPSA) is 112 Å². The Bertz CT molecular complexity index is 594. The molecule has 0 aromatic heterocycles. The predicted octanol–water partition coefficient (Wildman–Crippen LogP) is 2.33. The first-order chi connectivity index (χ1) is 11.1. The van der Waals surface area contributed by atoms with E-state index in [1.165, 1.54) is 0 Å². The molecule has 1 aromatic rings. The molecule has 0 spiro atoms. The fourth-order valence-electron chi connectivity index (χ4n) is 2.00. The average molecular weight is 336 g/mol. The van der Waals surface area contributed by atoms with Crippen LogP contribution in [0.1, 0.15) is 38.8 Å². The Morgan fingerprint density at radius 3 is 2.62 bits per heavy atom. The molecule has 7 heteroatoms. The van der Waals surface area contributed by atoms with Crippen molar-refractivity contribution in [2.45, 2.75) is 45.9 Å². The summed E-state index contributed by atoms with van der Waals surface area (Å²) in [5.41, 5.74) is 13.9. The summed E-state index contributed by atoms with van der Waals surface area (Å²) in [6, 6.07) is 3.47. The maximum Gasteiger partial charge on any atom is 0.407 e. The summed E-state index contributed by atoms with van der Waals surface area (Å²) in [5, 5.41) is 2.72. The van der Waals surface area contributed by atoms with Gasteiger partial charge in [-0.3, -0.25) is 4.99 Å². The van der Waals surface area contributed by atoms with E-state index in [2.05, 4.69) is 10.3 Å². The van der Waals surface area contributed by atoms with Crippen LogP contribution in [0.4, 0.5) is 16.2 Å². The van der Waals surface area contributed by atoms with Gasteiger partial charge >= 0.3 is 6.09 Å². The molecule has 1 amide bonds. The summed E-state index contributed by atoms with van der Waals surface area (Å²) in [6.45, 7) is 8.00. The van der Waals surface area contributed by atoms with Crippen LogP contribution in [-0.4, -0.2) is 37.6 Å². The highest BCUT2D eigenvalue weighted by molar-refractivity contribution is 5.91. The first-order valence-corrected chi connectivity index (χ1v) is 7.79. The number of nitrogens with two attached hydrogens (primary N) is 2. The molecule has 0 unspecified atom stereocenters. The highest BCUT2D eigenvalue weighted by Gasteiger charge is 2.17. The van der Waals surface area contributed by atoms with Crippen LogP contribution in [0, 0.1) is 0 Å². The number of anilines is 2. The molecule has 0 saturated carbocycles. The van der Waals surface area contributed by atoms with Crippen LogP contribution in [-0.2, 0) is 16.1 Å². The van der Waals surface area contributed by atoms with Crippen LogP contribution in [0.15, 0.2) is 17.1 Å². The Labute approximate surface area is 143 Å². The third-order valence-electron chi connectivity index (χ3n) is 2.97. The summed E-state index contributed by atoms with van der Waals surface area (Å²) in [7, 11) is 1.67. The van der Waals surface area contributed by atoms with Crippen molar-refractivity contribution in [1.29, 1.82) is 0 Å². The number of amides is 1. The molecule has 0 aliphatic carbocycles. The maximum absolute atomic E-state index is 11.7. The van der Waals surface area contributed by atoms with E-state index in [9.17, 15) is 4.79 Å². The van der Waals surface area contributed by atoms with Gasteiger partial charge in [-0.1, -0.05) is 0 Å². The van der Waals surface area contributed by atoms with Crippen molar-refractivity contribution in [3.63, 3.8) is 0 Å². The van der Waals surface area contributed by atoms with Crippen LogP contribution < -0.4 is 16.8 Å². The van der Waals surface area contributed by atoms with Crippen LogP contribution in [0.25, 0.3) is 0 Å². The number of carbonyl (C=O) groups is 1. The number of nitrogens with one attached hydrogen (secondary N) is 1. The zero-order chi connectivity index (χ0) is 18.3. The fraction of sp³-hybridized carbons (Fsp3) is 0.529. The summed E-state index contributed by atoms with van der Waals surface area (Å²) in [5.74, 6) is 0. The number of nitrogen functional groups attached to an aromatic ring is 2. The van der Waals surface area contributed by atoms with Crippen molar-refractivity contribution in [2.75, 3.05) is 25.1 Å². The largest absolute Gasteiger partial charge is 0.444 e. The average Bonchev–Trinajstić information content (AvgIpc) is 2.42. The second kappa shape index (κ2) is 8.54. The summed E-state index contributed by atoms with van der Waals surface area (Å²) in [4.78, 5) is 15.6. The summed E-state index contributed by atoms with van der Waals surface area (Å²) >= 11 is 0.